The SMILES string of the molecule is COCCOCCCNC(=O)/C=C/c1c(Cl)cccc1Cl. The van der Waals surface area contributed by atoms with Crippen LogP contribution < -0.4 is 5.32 Å². The number of halogens is 2. The molecular formula is C15H19Cl2NO3. The van der Waals surface area contributed by atoms with E-state index < -0.39 is 0 Å². The molecule has 6 heteroatoms. The van der Waals surface area contributed by atoms with Crippen molar-refractivity contribution in [1.29, 1.82) is 0 Å². The van der Waals surface area contributed by atoms with Crippen molar-refractivity contribution >= 4 is 35.2 Å². The van der Waals surface area contributed by atoms with Crippen LogP contribution in [0.2, 0.25) is 10.0 Å². The topological polar surface area (TPSA) is 47.6 Å². The van der Waals surface area contributed by atoms with Crippen LogP contribution in [-0.4, -0.2) is 39.4 Å². The minimum absolute atomic E-state index is 0.192. The van der Waals surface area contributed by atoms with Gasteiger partial charge in [-0.3, -0.25) is 4.79 Å². The molecule has 0 heterocycles. The molecule has 0 bridgehead atoms. The molecule has 116 valence electrons. The van der Waals surface area contributed by atoms with E-state index in [0.717, 1.165) is 6.42 Å². The van der Waals surface area contributed by atoms with Crippen LogP contribution >= 0.6 is 23.2 Å². The molecule has 0 atom stereocenters. The lowest BCUT2D eigenvalue weighted by molar-refractivity contribution is -0.116. The van der Waals surface area contributed by atoms with Gasteiger partial charge in [-0.15, -0.1) is 0 Å². The van der Waals surface area contributed by atoms with E-state index in [4.69, 9.17) is 32.7 Å². The summed E-state index contributed by atoms with van der Waals surface area (Å²) in [5.74, 6) is -0.192. The van der Waals surface area contributed by atoms with E-state index in [1.165, 1.54) is 6.08 Å². The minimum atomic E-state index is -0.192. The Kier molecular flexibility index (Phi) is 9.10. The fourth-order valence-electron chi connectivity index (χ4n) is 1.52. The van der Waals surface area contributed by atoms with Crippen molar-refractivity contribution in [2.75, 3.05) is 33.5 Å². The third-order valence-electron chi connectivity index (χ3n) is 2.60. The molecule has 0 aliphatic heterocycles. The second-order valence-corrected chi connectivity index (χ2v) is 5.03. The van der Waals surface area contributed by atoms with E-state index in [-0.39, 0.29) is 5.91 Å². The molecule has 0 saturated carbocycles. The molecular weight excluding hydrogens is 313 g/mol. The first kappa shape index (κ1) is 18.0. The van der Waals surface area contributed by atoms with Gasteiger partial charge in [-0.1, -0.05) is 29.3 Å². The van der Waals surface area contributed by atoms with Gasteiger partial charge in [0.15, 0.2) is 0 Å². The van der Waals surface area contributed by atoms with E-state index in [0.29, 0.717) is 42.0 Å². The monoisotopic (exact) mass is 331 g/mol. The van der Waals surface area contributed by atoms with Crippen LogP contribution in [-0.2, 0) is 14.3 Å². The number of carbonyl (C=O) groups excluding carboxylic acids is 1. The maximum absolute atomic E-state index is 11.6. The van der Waals surface area contributed by atoms with Crippen LogP contribution in [0.3, 0.4) is 0 Å². The van der Waals surface area contributed by atoms with Crippen molar-refractivity contribution in [2.45, 2.75) is 6.42 Å². The third kappa shape index (κ3) is 7.48. The van der Waals surface area contributed by atoms with Crippen molar-refractivity contribution < 1.29 is 14.3 Å². The molecule has 1 N–H and O–H groups in total. The lowest BCUT2D eigenvalue weighted by Crippen LogP contribution is -2.23. The molecule has 0 radical (unpaired) electrons. The van der Waals surface area contributed by atoms with Gasteiger partial charge in [-0.2, -0.15) is 0 Å². The fraction of sp³-hybridized carbons (Fsp3) is 0.400. The molecule has 4 nitrogen and oxygen atoms in total. The standard InChI is InChI=1S/C15H19Cl2NO3/c1-20-10-11-21-9-3-8-18-15(19)7-6-12-13(16)4-2-5-14(12)17/h2,4-7H,3,8-11H2,1H3,(H,18,19)/b7-6+. The molecule has 0 unspecified atom stereocenters. The number of benzene rings is 1. The summed E-state index contributed by atoms with van der Waals surface area (Å²) < 4.78 is 10.1. The van der Waals surface area contributed by atoms with Crippen molar-refractivity contribution in [2.24, 2.45) is 0 Å². The zero-order valence-electron chi connectivity index (χ0n) is 11.9. The maximum Gasteiger partial charge on any atom is 0.244 e. The molecule has 0 aromatic heterocycles. The average molecular weight is 332 g/mol. The first-order valence-corrected chi connectivity index (χ1v) is 7.37. The quantitative estimate of drug-likeness (QED) is 0.558. The Bertz CT molecular complexity index is 458. The number of carbonyl (C=O) groups is 1. The Balaban J connectivity index is 2.26. The highest BCUT2D eigenvalue weighted by Gasteiger charge is 2.02. The van der Waals surface area contributed by atoms with Gasteiger partial charge < -0.3 is 14.8 Å². The van der Waals surface area contributed by atoms with E-state index in [9.17, 15) is 4.79 Å². The molecule has 1 amide bonds. The van der Waals surface area contributed by atoms with E-state index in [2.05, 4.69) is 5.32 Å². The molecule has 1 rings (SSSR count). The third-order valence-corrected chi connectivity index (χ3v) is 3.26. The molecule has 0 spiro atoms. The van der Waals surface area contributed by atoms with Crippen LogP contribution in [0.1, 0.15) is 12.0 Å². The maximum atomic E-state index is 11.6. The summed E-state index contributed by atoms with van der Waals surface area (Å²) in [4.78, 5) is 11.6. The predicted octanol–water partition coefficient (Wildman–Crippen LogP) is 3.18. The Morgan fingerprint density at radius 3 is 2.62 bits per heavy atom. The number of hydrogen-bond donors (Lipinski definition) is 1. The van der Waals surface area contributed by atoms with Gasteiger partial charge in [-0.05, 0) is 24.6 Å². The minimum Gasteiger partial charge on any atom is -0.382 e. The number of amides is 1. The Morgan fingerprint density at radius 1 is 1.24 bits per heavy atom. The highest BCUT2D eigenvalue weighted by atomic mass is 35.5. The van der Waals surface area contributed by atoms with Crippen LogP contribution in [0.15, 0.2) is 24.3 Å². The second kappa shape index (κ2) is 10.6. The Morgan fingerprint density at radius 2 is 1.95 bits per heavy atom. The van der Waals surface area contributed by atoms with E-state index in [1.54, 1.807) is 31.4 Å². The largest absolute Gasteiger partial charge is 0.382 e. The molecule has 0 aliphatic rings. The van der Waals surface area contributed by atoms with Crippen molar-refractivity contribution in [3.63, 3.8) is 0 Å². The van der Waals surface area contributed by atoms with Crippen LogP contribution in [0.25, 0.3) is 6.08 Å². The van der Waals surface area contributed by atoms with Gasteiger partial charge in [0.25, 0.3) is 0 Å². The number of nitrogens with one attached hydrogen (secondary N) is 1. The van der Waals surface area contributed by atoms with Crippen molar-refractivity contribution in [3.8, 4) is 0 Å². The summed E-state index contributed by atoms with van der Waals surface area (Å²) in [6.07, 6.45) is 3.77. The van der Waals surface area contributed by atoms with E-state index in [1.807, 2.05) is 0 Å². The lowest BCUT2D eigenvalue weighted by Gasteiger charge is -2.04. The summed E-state index contributed by atoms with van der Waals surface area (Å²) >= 11 is 12.0. The summed E-state index contributed by atoms with van der Waals surface area (Å²) in [7, 11) is 1.63. The molecule has 0 saturated heterocycles. The fourth-order valence-corrected chi connectivity index (χ4v) is 2.04. The zero-order valence-corrected chi connectivity index (χ0v) is 13.4. The van der Waals surface area contributed by atoms with Crippen LogP contribution in [0, 0.1) is 0 Å². The highest BCUT2D eigenvalue weighted by molar-refractivity contribution is 6.37. The number of methoxy groups -OCH3 is 1. The average Bonchev–Trinajstić information content (AvgIpc) is 2.46. The van der Waals surface area contributed by atoms with Gasteiger partial charge in [0.2, 0.25) is 5.91 Å². The summed E-state index contributed by atoms with van der Waals surface area (Å²) in [6.45, 7) is 2.28. The van der Waals surface area contributed by atoms with Crippen LogP contribution in [0.5, 0.6) is 0 Å². The van der Waals surface area contributed by atoms with Crippen molar-refractivity contribution in [3.05, 3.63) is 39.9 Å². The van der Waals surface area contributed by atoms with Crippen molar-refractivity contribution in [1.82, 2.24) is 5.32 Å². The Hall–Kier alpha value is -1.07. The lowest BCUT2D eigenvalue weighted by atomic mass is 10.2. The summed E-state index contributed by atoms with van der Waals surface area (Å²) in [5.41, 5.74) is 0.638. The molecule has 0 aliphatic carbocycles. The number of ether oxygens (including phenoxy) is 2. The van der Waals surface area contributed by atoms with Gasteiger partial charge in [0, 0.05) is 41.9 Å². The molecule has 1 aromatic rings. The molecule has 21 heavy (non-hydrogen) atoms. The molecule has 0 fully saturated rings. The van der Waals surface area contributed by atoms with Gasteiger partial charge in [0.1, 0.15) is 0 Å². The van der Waals surface area contributed by atoms with Crippen LogP contribution in [0.4, 0.5) is 0 Å². The first-order chi connectivity index (χ1) is 10.1. The van der Waals surface area contributed by atoms with Gasteiger partial charge >= 0.3 is 0 Å². The van der Waals surface area contributed by atoms with Gasteiger partial charge in [-0.25, -0.2) is 0 Å². The summed E-state index contributed by atoms with van der Waals surface area (Å²) in [5, 5.41) is 3.78. The Labute approximate surface area is 135 Å². The number of hydrogen-bond acceptors (Lipinski definition) is 3. The van der Waals surface area contributed by atoms with Gasteiger partial charge in [0.05, 0.1) is 13.2 Å². The van der Waals surface area contributed by atoms with E-state index >= 15 is 0 Å². The zero-order chi connectivity index (χ0) is 15.5. The second-order valence-electron chi connectivity index (χ2n) is 4.22. The highest BCUT2D eigenvalue weighted by Crippen LogP contribution is 2.25. The predicted molar refractivity (Wildman–Crippen MR) is 85.8 cm³/mol. The normalized spacial score (nSPS) is 11.0. The molecule has 1 aromatic carbocycles. The smallest absolute Gasteiger partial charge is 0.244 e. The number of rotatable bonds is 9. The summed E-state index contributed by atoms with van der Waals surface area (Å²) in [6, 6.07) is 5.20. The first-order valence-electron chi connectivity index (χ1n) is 6.61.